The van der Waals surface area contributed by atoms with Gasteiger partial charge in [0.05, 0.1) is 0 Å². The van der Waals surface area contributed by atoms with Crippen LogP contribution in [0.3, 0.4) is 0 Å². The van der Waals surface area contributed by atoms with E-state index in [1.54, 1.807) is 0 Å². The van der Waals surface area contributed by atoms with Gasteiger partial charge in [0.25, 0.3) is 0 Å². The standard InChI is InChI=1S/CH2O3.2Ca/c2-1(3)4;;/h(H2,2,3,4);;/q;2*+2. The molecule has 0 aromatic carbocycles. The van der Waals surface area contributed by atoms with Crippen molar-refractivity contribution in [1.29, 1.82) is 0 Å². The van der Waals surface area contributed by atoms with E-state index in [-0.39, 0.29) is 75.5 Å². The monoisotopic (exact) mass is 142 g/mol. The van der Waals surface area contributed by atoms with E-state index in [4.69, 9.17) is 15.0 Å². The summed E-state index contributed by atoms with van der Waals surface area (Å²) < 4.78 is 0. The first kappa shape index (κ1) is 15.7. The largest absolute Gasteiger partial charge is 2.00 e. The van der Waals surface area contributed by atoms with E-state index in [0.717, 1.165) is 0 Å². The van der Waals surface area contributed by atoms with Crippen molar-refractivity contribution in [2.45, 2.75) is 0 Å². The molecule has 0 rings (SSSR count). The molecule has 3 nitrogen and oxygen atoms in total. The minimum atomic E-state index is -1.83. The van der Waals surface area contributed by atoms with Crippen LogP contribution in [0.4, 0.5) is 4.79 Å². The first-order chi connectivity index (χ1) is 1.73. The first-order valence-corrected chi connectivity index (χ1v) is 0.651. The van der Waals surface area contributed by atoms with E-state index in [9.17, 15) is 0 Å². The number of hydrogen-bond acceptors (Lipinski definition) is 1. The molecule has 0 radical (unpaired) electrons. The van der Waals surface area contributed by atoms with Gasteiger partial charge in [-0.3, -0.25) is 0 Å². The Labute approximate surface area is 94.7 Å². The van der Waals surface area contributed by atoms with Crippen molar-refractivity contribution in [2.75, 3.05) is 0 Å². The van der Waals surface area contributed by atoms with Gasteiger partial charge in [-0.2, -0.15) is 0 Å². The SMILES string of the molecule is O=C(O)O.[Ca+2].[Ca+2]. The van der Waals surface area contributed by atoms with E-state index in [2.05, 4.69) is 0 Å². The van der Waals surface area contributed by atoms with Crippen molar-refractivity contribution in [1.82, 2.24) is 0 Å². The Morgan fingerprint density at radius 1 is 1.17 bits per heavy atom. The van der Waals surface area contributed by atoms with Crippen LogP contribution in [0.1, 0.15) is 0 Å². The summed E-state index contributed by atoms with van der Waals surface area (Å²) in [5.41, 5.74) is 0. The van der Waals surface area contributed by atoms with Crippen molar-refractivity contribution in [3.05, 3.63) is 0 Å². The maximum Gasteiger partial charge on any atom is 2.00 e. The second kappa shape index (κ2) is 9.92. The van der Waals surface area contributed by atoms with Crippen LogP contribution in [-0.2, 0) is 0 Å². The molecule has 0 heterocycles. The Morgan fingerprint density at radius 2 is 1.17 bits per heavy atom. The summed E-state index contributed by atoms with van der Waals surface area (Å²) >= 11 is 0. The van der Waals surface area contributed by atoms with Crippen LogP contribution in [0, 0.1) is 0 Å². The number of carboxylic acid groups (broad SMARTS) is 2. The van der Waals surface area contributed by atoms with Crippen molar-refractivity contribution < 1.29 is 15.0 Å². The number of rotatable bonds is 0. The molecule has 0 amide bonds. The van der Waals surface area contributed by atoms with Gasteiger partial charge in [-0.1, -0.05) is 0 Å². The second-order valence-corrected chi connectivity index (χ2v) is 0.283. The molecule has 2 N–H and O–H groups in total. The second-order valence-electron chi connectivity index (χ2n) is 0.283. The molecule has 0 bridgehead atoms. The van der Waals surface area contributed by atoms with Gasteiger partial charge in [0, 0.05) is 0 Å². The van der Waals surface area contributed by atoms with Gasteiger partial charge in [-0.25, -0.2) is 4.79 Å². The third-order valence-electron chi connectivity index (χ3n) is 0. The molecule has 0 aromatic heterocycles. The van der Waals surface area contributed by atoms with Crippen molar-refractivity contribution >= 4 is 81.6 Å². The fourth-order valence-electron chi connectivity index (χ4n) is 0. The van der Waals surface area contributed by atoms with Gasteiger partial charge in [0.1, 0.15) is 0 Å². The van der Waals surface area contributed by atoms with E-state index < -0.39 is 6.16 Å². The average molecular weight is 142 g/mol. The summed E-state index contributed by atoms with van der Waals surface area (Å²) in [4.78, 5) is 8.56. The smallest absolute Gasteiger partial charge is 0.450 e. The molecule has 24 valence electrons. The Kier molecular flexibility index (Phi) is 25.9. The van der Waals surface area contributed by atoms with E-state index >= 15 is 0 Å². The van der Waals surface area contributed by atoms with E-state index in [0.29, 0.717) is 0 Å². The minimum Gasteiger partial charge on any atom is -0.450 e. The predicted molar refractivity (Wildman–Crippen MR) is 22.2 cm³/mol. The molecule has 0 atom stereocenters. The van der Waals surface area contributed by atoms with Gasteiger partial charge in [0.2, 0.25) is 0 Å². The quantitative estimate of drug-likeness (QED) is 0.447. The van der Waals surface area contributed by atoms with Gasteiger partial charge >= 0.3 is 81.6 Å². The molecule has 0 aromatic rings. The molecule has 0 saturated heterocycles. The van der Waals surface area contributed by atoms with Crippen molar-refractivity contribution in [3.63, 3.8) is 0 Å². The van der Waals surface area contributed by atoms with Crippen LogP contribution in [0.15, 0.2) is 0 Å². The number of carbonyl (C=O) groups is 1. The summed E-state index contributed by atoms with van der Waals surface area (Å²) in [5, 5.41) is 13.9. The Bertz CT molecular complexity index is 31.8. The molecule has 6 heavy (non-hydrogen) atoms. The van der Waals surface area contributed by atoms with Crippen LogP contribution < -0.4 is 0 Å². The van der Waals surface area contributed by atoms with E-state index in [1.807, 2.05) is 0 Å². The third kappa shape index (κ3) is 41.5. The Morgan fingerprint density at radius 3 is 1.17 bits per heavy atom. The Hall–Kier alpha value is 1.79. The molecule has 5 heteroatoms. The third-order valence-corrected chi connectivity index (χ3v) is 0. The van der Waals surface area contributed by atoms with E-state index in [1.165, 1.54) is 0 Å². The van der Waals surface area contributed by atoms with Crippen molar-refractivity contribution in [3.8, 4) is 0 Å². The molecular weight excluding hydrogens is 140 g/mol. The molecule has 0 spiro atoms. The predicted octanol–water partition coefficient (Wildman–Crippen LogP) is -0.539. The van der Waals surface area contributed by atoms with Crippen LogP contribution >= 0.6 is 0 Å². The molecule has 0 fully saturated rings. The van der Waals surface area contributed by atoms with Crippen molar-refractivity contribution in [2.24, 2.45) is 0 Å². The zero-order valence-electron chi connectivity index (χ0n) is 3.22. The summed E-state index contributed by atoms with van der Waals surface area (Å²) in [6.45, 7) is 0. The van der Waals surface area contributed by atoms with Crippen LogP contribution in [-0.4, -0.2) is 91.8 Å². The zero-order valence-corrected chi connectivity index (χ0v) is 7.63. The van der Waals surface area contributed by atoms with Gasteiger partial charge in [0.15, 0.2) is 0 Å². The molecule has 0 aliphatic heterocycles. The topological polar surface area (TPSA) is 57.5 Å². The number of hydrogen-bond donors (Lipinski definition) is 2. The molecule has 0 unspecified atom stereocenters. The molecule has 0 aliphatic carbocycles. The maximum absolute atomic E-state index is 8.56. The summed E-state index contributed by atoms with van der Waals surface area (Å²) in [5.74, 6) is 0. The first-order valence-electron chi connectivity index (χ1n) is 0.651. The summed E-state index contributed by atoms with van der Waals surface area (Å²) in [6.07, 6.45) is -1.83. The normalized spacial score (nSPS) is 4.00. The average Bonchev–Trinajstić information content (AvgIpc) is 0.811. The molecular formula is CH2Ca2O3+4. The summed E-state index contributed by atoms with van der Waals surface area (Å²) in [6, 6.07) is 0. The van der Waals surface area contributed by atoms with Crippen LogP contribution in [0.2, 0.25) is 0 Å². The Balaban J connectivity index is -0.0000000450. The van der Waals surface area contributed by atoms with Crippen LogP contribution in [0.25, 0.3) is 0 Å². The summed E-state index contributed by atoms with van der Waals surface area (Å²) in [7, 11) is 0. The fourth-order valence-corrected chi connectivity index (χ4v) is 0. The van der Waals surface area contributed by atoms with Gasteiger partial charge < -0.3 is 10.2 Å². The van der Waals surface area contributed by atoms with Gasteiger partial charge in [-0.05, 0) is 0 Å². The van der Waals surface area contributed by atoms with Crippen LogP contribution in [0.5, 0.6) is 0 Å². The molecule has 0 aliphatic rings. The minimum absolute atomic E-state index is 0. The fraction of sp³-hybridized carbons (Fsp3) is 0. The molecule has 0 saturated carbocycles. The van der Waals surface area contributed by atoms with Gasteiger partial charge in [-0.15, -0.1) is 0 Å². The zero-order chi connectivity index (χ0) is 3.58. The maximum atomic E-state index is 8.56.